The SMILES string of the molecule is Cn1c(=NC(=O)CCc2ccccc2)sc2cccc(F)c21. The fraction of sp³-hybridized carbons (Fsp3) is 0.176. The summed E-state index contributed by atoms with van der Waals surface area (Å²) < 4.78 is 16.3. The summed E-state index contributed by atoms with van der Waals surface area (Å²) in [7, 11) is 1.73. The van der Waals surface area contributed by atoms with Crippen LogP contribution in [0.5, 0.6) is 0 Å². The molecule has 1 heterocycles. The van der Waals surface area contributed by atoms with Crippen LogP contribution >= 0.6 is 11.3 Å². The summed E-state index contributed by atoms with van der Waals surface area (Å²) in [6.45, 7) is 0. The van der Waals surface area contributed by atoms with Crippen LogP contribution < -0.4 is 4.80 Å². The summed E-state index contributed by atoms with van der Waals surface area (Å²) in [5.41, 5.74) is 1.60. The van der Waals surface area contributed by atoms with E-state index >= 15 is 0 Å². The second-order valence-corrected chi connectivity index (χ2v) is 6.03. The van der Waals surface area contributed by atoms with Crippen LogP contribution in [-0.2, 0) is 18.3 Å². The van der Waals surface area contributed by atoms with Crippen LogP contribution in [0.1, 0.15) is 12.0 Å². The molecular weight excluding hydrogens is 299 g/mol. The van der Waals surface area contributed by atoms with E-state index in [2.05, 4.69) is 4.99 Å². The van der Waals surface area contributed by atoms with E-state index in [4.69, 9.17) is 0 Å². The molecule has 0 fully saturated rings. The molecule has 3 rings (SSSR count). The summed E-state index contributed by atoms with van der Waals surface area (Å²) >= 11 is 1.32. The second-order valence-electron chi connectivity index (χ2n) is 5.02. The molecule has 5 heteroatoms. The summed E-state index contributed by atoms with van der Waals surface area (Å²) in [4.78, 5) is 16.7. The largest absolute Gasteiger partial charge is 0.317 e. The minimum absolute atomic E-state index is 0.189. The summed E-state index contributed by atoms with van der Waals surface area (Å²) in [6, 6.07) is 14.7. The van der Waals surface area contributed by atoms with E-state index < -0.39 is 0 Å². The van der Waals surface area contributed by atoms with E-state index in [0.717, 1.165) is 10.3 Å². The van der Waals surface area contributed by atoms with Crippen LogP contribution in [0.2, 0.25) is 0 Å². The van der Waals surface area contributed by atoms with Crippen LogP contribution in [0.25, 0.3) is 10.2 Å². The minimum Gasteiger partial charge on any atom is -0.317 e. The first-order valence-electron chi connectivity index (χ1n) is 7.00. The highest BCUT2D eigenvalue weighted by molar-refractivity contribution is 7.16. The van der Waals surface area contributed by atoms with Gasteiger partial charge in [0, 0.05) is 13.5 Å². The van der Waals surface area contributed by atoms with E-state index in [-0.39, 0.29) is 11.7 Å². The van der Waals surface area contributed by atoms with Crippen molar-refractivity contribution in [1.29, 1.82) is 0 Å². The molecule has 0 spiro atoms. The number of thiazole rings is 1. The van der Waals surface area contributed by atoms with Gasteiger partial charge in [0.25, 0.3) is 0 Å². The molecule has 0 saturated carbocycles. The second kappa shape index (κ2) is 6.23. The smallest absolute Gasteiger partial charge is 0.248 e. The van der Waals surface area contributed by atoms with E-state index in [1.807, 2.05) is 36.4 Å². The quantitative estimate of drug-likeness (QED) is 0.729. The maximum absolute atomic E-state index is 13.8. The Hall–Kier alpha value is -2.27. The molecule has 3 aromatic rings. The van der Waals surface area contributed by atoms with E-state index in [1.165, 1.54) is 17.4 Å². The van der Waals surface area contributed by atoms with E-state index in [0.29, 0.717) is 23.2 Å². The van der Waals surface area contributed by atoms with Crippen LogP contribution in [-0.4, -0.2) is 10.5 Å². The molecule has 0 aliphatic carbocycles. The lowest BCUT2D eigenvalue weighted by atomic mass is 10.1. The van der Waals surface area contributed by atoms with Crippen LogP contribution in [0.4, 0.5) is 4.39 Å². The number of carbonyl (C=O) groups excluding carboxylic acids is 1. The molecule has 0 unspecified atom stereocenters. The first-order valence-corrected chi connectivity index (χ1v) is 7.82. The van der Waals surface area contributed by atoms with Gasteiger partial charge in [-0.15, -0.1) is 0 Å². The molecule has 0 saturated heterocycles. The molecule has 0 bridgehead atoms. The Morgan fingerprint density at radius 3 is 2.68 bits per heavy atom. The molecule has 22 heavy (non-hydrogen) atoms. The van der Waals surface area contributed by atoms with Crippen molar-refractivity contribution in [3.05, 3.63) is 64.7 Å². The molecule has 112 valence electrons. The van der Waals surface area contributed by atoms with Crippen molar-refractivity contribution in [3.63, 3.8) is 0 Å². The number of fused-ring (bicyclic) bond motifs is 1. The van der Waals surface area contributed by atoms with Gasteiger partial charge in [-0.1, -0.05) is 47.7 Å². The normalized spacial score (nSPS) is 12.0. The molecule has 0 atom stereocenters. The van der Waals surface area contributed by atoms with Crippen molar-refractivity contribution in [2.45, 2.75) is 12.8 Å². The number of hydrogen-bond acceptors (Lipinski definition) is 2. The standard InChI is InChI=1S/C17H15FN2OS/c1-20-16-13(18)8-5-9-14(16)22-17(20)19-15(21)11-10-12-6-3-2-4-7-12/h2-9H,10-11H2,1H3. The average Bonchev–Trinajstić information content (AvgIpc) is 2.84. The predicted octanol–water partition coefficient (Wildman–Crippen LogP) is 3.44. The van der Waals surface area contributed by atoms with Crippen LogP contribution in [0.3, 0.4) is 0 Å². The zero-order valence-electron chi connectivity index (χ0n) is 12.1. The lowest BCUT2D eigenvalue weighted by molar-refractivity contribution is -0.118. The van der Waals surface area contributed by atoms with Crippen LogP contribution in [0, 0.1) is 5.82 Å². The zero-order valence-corrected chi connectivity index (χ0v) is 12.9. The van der Waals surface area contributed by atoms with Crippen molar-refractivity contribution in [3.8, 4) is 0 Å². The minimum atomic E-state index is -0.297. The fourth-order valence-electron chi connectivity index (χ4n) is 2.32. The maximum atomic E-state index is 13.8. The third-order valence-corrected chi connectivity index (χ3v) is 4.56. The van der Waals surface area contributed by atoms with Gasteiger partial charge in [0.2, 0.25) is 5.91 Å². The van der Waals surface area contributed by atoms with Crippen molar-refractivity contribution >= 4 is 27.5 Å². The summed E-state index contributed by atoms with van der Waals surface area (Å²) in [6.07, 6.45) is 1.01. The highest BCUT2D eigenvalue weighted by Gasteiger charge is 2.08. The van der Waals surface area contributed by atoms with Gasteiger partial charge in [-0.05, 0) is 24.1 Å². The summed E-state index contributed by atoms with van der Waals surface area (Å²) in [5.74, 6) is -0.485. The maximum Gasteiger partial charge on any atom is 0.248 e. The Labute approximate surface area is 131 Å². The molecule has 1 amide bonds. The highest BCUT2D eigenvalue weighted by atomic mass is 32.1. The summed E-state index contributed by atoms with van der Waals surface area (Å²) in [5, 5.41) is 0. The number of nitrogens with zero attached hydrogens (tertiary/aromatic N) is 2. The molecular formula is C17H15FN2OS. The van der Waals surface area contributed by atoms with Crippen molar-refractivity contribution < 1.29 is 9.18 Å². The van der Waals surface area contributed by atoms with E-state index in [9.17, 15) is 9.18 Å². The van der Waals surface area contributed by atoms with Gasteiger partial charge >= 0.3 is 0 Å². The number of halogens is 1. The number of aryl methyl sites for hydroxylation is 2. The van der Waals surface area contributed by atoms with Crippen molar-refractivity contribution in [2.24, 2.45) is 12.0 Å². The van der Waals surface area contributed by atoms with Crippen LogP contribution in [0.15, 0.2) is 53.5 Å². The molecule has 0 aliphatic rings. The molecule has 3 nitrogen and oxygen atoms in total. The third-order valence-electron chi connectivity index (χ3n) is 3.46. The van der Waals surface area contributed by atoms with Crippen molar-refractivity contribution in [1.82, 2.24) is 4.57 Å². The van der Waals surface area contributed by atoms with Gasteiger partial charge in [-0.3, -0.25) is 4.79 Å². The van der Waals surface area contributed by atoms with E-state index in [1.54, 1.807) is 17.7 Å². The van der Waals surface area contributed by atoms with Gasteiger partial charge in [0.1, 0.15) is 5.82 Å². The number of hydrogen-bond donors (Lipinski definition) is 0. The first-order chi connectivity index (χ1) is 10.6. The number of aromatic nitrogens is 1. The van der Waals surface area contributed by atoms with Gasteiger partial charge in [0.05, 0.1) is 10.2 Å². The van der Waals surface area contributed by atoms with Gasteiger partial charge in [-0.25, -0.2) is 4.39 Å². The topological polar surface area (TPSA) is 34.4 Å². The lowest BCUT2D eigenvalue weighted by Gasteiger charge is -1.98. The Kier molecular flexibility index (Phi) is 4.15. The van der Waals surface area contributed by atoms with Gasteiger partial charge < -0.3 is 4.57 Å². The monoisotopic (exact) mass is 314 g/mol. The molecule has 0 aliphatic heterocycles. The molecule has 1 aromatic heterocycles. The lowest BCUT2D eigenvalue weighted by Crippen LogP contribution is -2.13. The Morgan fingerprint density at radius 1 is 1.18 bits per heavy atom. The third kappa shape index (κ3) is 2.99. The highest BCUT2D eigenvalue weighted by Crippen LogP contribution is 2.19. The number of para-hydroxylation sites is 1. The van der Waals surface area contributed by atoms with Crippen molar-refractivity contribution in [2.75, 3.05) is 0 Å². The number of carbonyl (C=O) groups is 1. The first kappa shape index (κ1) is 14.7. The predicted molar refractivity (Wildman–Crippen MR) is 86.1 cm³/mol. The number of amides is 1. The van der Waals surface area contributed by atoms with Gasteiger partial charge in [0.15, 0.2) is 4.80 Å². The Bertz CT molecular complexity index is 881. The number of rotatable bonds is 3. The average molecular weight is 314 g/mol. The fourth-order valence-corrected chi connectivity index (χ4v) is 3.37. The molecule has 0 N–H and O–H groups in total. The Morgan fingerprint density at radius 2 is 1.95 bits per heavy atom. The van der Waals surface area contributed by atoms with Gasteiger partial charge in [-0.2, -0.15) is 4.99 Å². The molecule has 2 aromatic carbocycles. The zero-order chi connectivity index (χ0) is 15.5. The number of benzene rings is 2. The molecule has 0 radical (unpaired) electrons. The Balaban J connectivity index is 1.84.